The Hall–Kier alpha value is -3.34. The molecule has 35 heavy (non-hydrogen) atoms. The molecule has 1 aliphatic carbocycles. The molecule has 6 rings (SSSR count). The number of nitrogens with zero attached hydrogens (tertiary/aromatic N) is 5. The quantitative estimate of drug-likeness (QED) is 0.397. The van der Waals surface area contributed by atoms with E-state index in [2.05, 4.69) is 30.5 Å². The molecule has 1 saturated heterocycles. The van der Waals surface area contributed by atoms with E-state index >= 15 is 0 Å². The van der Waals surface area contributed by atoms with Crippen LogP contribution in [0.5, 0.6) is 5.75 Å². The highest BCUT2D eigenvalue weighted by atomic mass is 32.1. The monoisotopic (exact) mass is 500 g/mol. The zero-order chi connectivity index (χ0) is 24.2. The highest BCUT2D eigenvalue weighted by Crippen LogP contribution is 2.41. The lowest BCUT2D eigenvalue weighted by Gasteiger charge is -2.38. The Bertz CT molecular complexity index is 1350. The predicted molar refractivity (Wildman–Crippen MR) is 128 cm³/mol. The first-order valence-corrected chi connectivity index (χ1v) is 12.3. The molecule has 0 spiro atoms. The molecule has 4 aromatic rings. The van der Waals surface area contributed by atoms with Crippen LogP contribution in [-0.2, 0) is 0 Å². The Balaban J connectivity index is 1.24. The molecular weight excluding hydrogens is 477 g/mol. The fourth-order valence-corrected chi connectivity index (χ4v) is 6.12. The van der Waals surface area contributed by atoms with Crippen molar-refractivity contribution in [1.82, 2.24) is 19.0 Å². The van der Waals surface area contributed by atoms with Crippen LogP contribution >= 0.6 is 11.5 Å². The molecule has 1 aromatic carbocycles. The second-order valence-corrected chi connectivity index (χ2v) is 9.96. The number of fused-ring (bicyclic) bond motifs is 3. The van der Waals surface area contributed by atoms with Crippen molar-refractivity contribution >= 4 is 28.1 Å². The van der Waals surface area contributed by atoms with Gasteiger partial charge in [0.1, 0.15) is 10.8 Å². The van der Waals surface area contributed by atoms with Gasteiger partial charge in [-0.05, 0) is 79.0 Å². The molecule has 1 N–H and O–H groups in total. The number of hydrogen-bond donors (Lipinski definition) is 1. The molecule has 2 aliphatic rings. The topological polar surface area (TPSA) is 67.6 Å². The van der Waals surface area contributed by atoms with E-state index in [1.807, 2.05) is 13.0 Å². The van der Waals surface area contributed by atoms with Gasteiger partial charge in [0.15, 0.2) is 5.65 Å². The SMILES string of the molecule is Cc1cc(N2C[C@H]3CC[C@@H](C2)C3Nc2nc3c(-c4cccc(OC(F)(F)F)c4)cccn3n2)sn1. The van der Waals surface area contributed by atoms with Crippen molar-refractivity contribution in [3.05, 3.63) is 54.4 Å². The molecule has 3 atom stereocenters. The van der Waals surface area contributed by atoms with Crippen LogP contribution in [0, 0.1) is 18.8 Å². The smallest absolute Gasteiger partial charge is 0.406 e. The summed E-state index contributed by atoms with van der Waals surface area (Å²) in [7, 11) is 0. The lowest BCUT2D eigenvalue weighted by Crippen LogP contribution is -2.48. The summed E-state index contributed by atoms with van der Waals surface area (Å²) in [5.74, 6) is 1.23. The Labute approximate surface area is 203 Å². The van der Waals surface area contributed by atoms with Crippen LogP contribution in [0.1, 0.15) is 18.5 Å². The van der Waals surface area contributed by atoms with Gasteiger partial charge in [-0.25, -0.2) is 4.52 Å². The van der Waals surface area contributed by atoms with Gasteiger partial charge in [-0.1, -0.05) is 12.1 Å². The van der Waals surface area contributed by atoms with Crippen molar-refractivity contribution in [3.63, 3.8) is 0 Å². The Morgan fingerprint density at radius 1 is 1.09 bits per heavy atom. The summed E-state index contributed by atoms with van der Waals surface area (Å²) in [6, 6.07) is 12.0. The van der Waals surface area contributed by atoms with Crippen LogP contribution in [0.4, 0.5) is 24.1 Å². The summed E-state index contributed by atoms with van der Waals surface area (Å²) in [6.45, 7) is 3.96. The van der Waals surface area contributed by atoms with E-state index in [0.717, 1.165) is 31.6 Å². The predicted octanol–water partition coefficient (Wildman–Crippen LogP) is 5.39. The number of aromatic nitrogens is 4. The van der Waals surface area contributed by atoms with E-state index < -0.39 is 6.36 Å². The molecule has 7 nitrogen and oxygen atoms in total. The molecule has 1 aliphatic heterocycles. The highest BCUT2D eigenvalue weighted by molar-refractivity contribution is 7.10. The number of nitrogens with one attached hydrogen (secondary N) is 1. The van der Waals surface area contributed by atoms with Gasteiger partial charge in [0, 0.05) is 30.9 Å². The van der Waals surface area contributed by atoms with Crippen molar-refractivity contribution in [2.24, 2.45) is 11.8 Å². The number of piperidine rings is 1. The maximum absolute atomic E-state index is 12.7. The van der Waals surface area contributed by atoms with E-state index in [1.165, 1.54) is 23.2 Å². The second-order valence-electron chi connectivity index (χ2n) is 9.18. The van der Waals surface area contributed by atoms with Crippen molar-refractivity contribution < 1.29 is 17.9 Å². The first kappa shape index (κ1) is 22.1. The molecule has 1 saturated carbocycles. The standard InChI is InChI=1S/C24H23F3N6OS/c1-14-10-20(35-31-14)32-12-16-7-8-17(13-32)21(16)28-23-29-22-19(6-3-9-33(22)30-23)15-4-2-5-18(11-15)34-24(25,26)27/h2-6,9-11,16-17,21H,7-8,12-13H2,1H3,(H,28,30)/t16-,17+,21?. The van der Waals surface area contributed by atoms with Crippen molar-refractivity contribution in [1.29, 1.82) is 0 Å². The van der Waals surface area contributed by atoms with E-state index in [1.54, 1.807) is 34.4 Å². The number of alkyl halides is 3. The lowest BCUT2D eigenvalue weighted by atomic mass is 9.92. The average Bonchev–Trinajstić information content (AvgIpc) is 3.48. The number of aryl methyl sites for hydroxylation is 1. The first-order chi connectivity index (χ1) is 16.8. The number of benzene rings is 1. The summed E-state index contributed by atoms with van der Waals surface area (Å²) in [5.41, 5.74) is 2.88. The van der Waals surface area contributed by atoms with Crippen molar-refractivity contribution in [2.75, 3.05) is 23.3 Å². The van der Waals surface area contributed by atoms with Gasteiger partial charge < -0.3 is 15.0 Å². The largest absolute Gasteiger partial charge is 0.573 e. The number of hydrogen-bond acceptors (Lipinski definition) is 7. The van der Waals surface area contributed by atoms with E-state index in [-0.39, 0.29) is 11.8 Å². The third-order valence-corrected chi connectivity index (χ3v) is 7.74. The summed E-state index contributed by atoms with van der Waals surface area (Å²) >= 11 is 1.56. The summed E-state index contributed by atoms with van der Waals surface area (Å²) in [6.07, 6.45) is -0.650. The molecule has 4 heterocycles. The number of anilines is 2. The van der Waals surface area contributed by atoms with Gasteiger partial charge in [-0.3, -0.25) is 0 Å². The number of halogens is 3. The van der Waals surface area contributed by atoms with Crippen LogP contribution in [0.3, 0.4) is 0 Å². The second kappa shape index (κ2) is 8.40. The van der Waals surface area contributed by atoms with Gasteiger partial charge in [0.05, 0.1) is 5.69 Å². The lowest BCUT2D eigenvalue weighted by molar-refractivity contribution is -0.274. The summed E-state index contributed by atoms with van der Waals surface area (Å²) in [5, 5.41) is 9.42. The maximum Gasteiger partial charge on any atom is 0.573 e. The fourth-order valence-electron chi connectivity index (χ4n) is 5.34. The van der Waals surface area contributed by atoms with Crippen molar-refractivity contribution in [2.45, 2.75) is 32.2 Å². The van der Waals surface area contributed by atoms with Crippen LogP contribution in [0.25, 0.3) is 16.8 Å². The van der Waals surface area contributed by atoms with Gasteiger partial charge in [0.2, 0.25) is 5.95 Å². The Morgan fingerprint density at radius 3 is 2.60 bits per heavy atom. The van der Waals surface area contributed by atoms with E-state index in [0.29, 0.717) is 34.6 Å². The Morgan fingerprint density at radius 2 is 1.89 bits per heavy atom. The molecule has 182 valence electrons. The summed E-state index contributed by atoms with van der Waals surface area (Å²) < 4.78 is 48.2. The maximum atomic E-state index is 12.7. The molecule has 0 radical (unpaired) electrons. The third-order valence-electron chi connectivity index (χ3n) is 6.80. The number of pyridine rings is 1. The van der Waals surface area contributed by atoms with Crippen LogP contribution in [0.2, 0.25) is 0 Å². The molecular formula is C24H23F3N6OS. The minimum atomic E-state index is -4.75. The number of rotatable bonds is 5. The van der Waals surface area contributed by atoms with E-state index in [4.69, 9.17) is 4.98 Å². The van der Waals surface area contributed by atoms with Gasteiger partial charge >= 0.3 is 6.36 Å². The normalized spacial score (nSPS) is 22.1. The third kappa shape index (κ3) is 4.40. The average molecular weight is 501 g/mol. The molecule has 11 heteroatoms. The first-order valence-electron chi connectivity index (χ1n) is 11.5. The van der Waals surface area contributed by atoms with E-state index in [9.17, 15) is 13.2 Å². The molecule has 2 fully saturated rings. The molecule has 2 bridgehead atoms. The Kier molecular flexibility index (Phi) is 5.32. The fraction of sp³-hybridized carbons (Fsp3) is 0.375. The molecule has 1 unspecified atom stereocenters. The molecule has 0 amide bonds. The van der Waals surface area contributed by atoms with Crippen LogP contribution in [0.15, 0.2) is 48.7 Å². The van der Waals surface area contributed by atoms with Gasteiger partial charge in [-0.2, -0.15) is 9.36 Å². The zero-order valence-corrected chi connectivity index (χ0v) is 19.7. The van der Waals surface area contributed by atoms with Crippen LogP contribution < -0.4 is 15.0 Å². The van der Waals surface area contributed by atoms with Crippen LogP contribution in [-0.4, -0.2) is 44.5 Å². The minimum absolute atomic E-state index is 0.269. The van der Waals surface area contributed by atoms with Gasteiger partial charge in [0.25, 0.3) is 0 Å². The van der Waals surface area contributed by atoms with Crippen molar-refractivity contribution in [3.8, 4) is 16.9 Å². The van der Waals surface area contributed by atoms with Gasteiger partial charge in [-0.15, -0.1) is 18.3 Å². The highest BCUT2D eigenvalue weighted by Gasteiger charge is 2.43. The number of ether oxygens (including phenoxy) is 1. The zero-order valence-electron chi connectivity index (χ0n) is 18.9. The molecule has 3 aromatic heterocycles. The minimum Gasteiger partial charge on any atom is -0.406 e. The summed E-state index contributed by atoms with van der Waals surface area (Å²) in [4.78, 5) is 7.16.